The summed E-state index contributed by atoms with van der Waals surface area (Å²) in [6.45, 7) is 3.24. The van der Waals surface area contributed by atoms with Crippen LogP contribution in [-0.2, 0) is 0 Å². The summed E-state index contributed by atoms with van der Waals surface area (Å²) >= 11 is 0. The number of halogens is 1. The van der Waals surface area contributed by atoms with Gasteiger partial charge in [0.25, 0.3) is 0 Å². The summed E-state index contributed by atoms with van der Waals surface area (Å²) in [7, 11) is 0. The molecule has 0 aromatic carbocycles. The average Bonchev–Trinajstić information content (AvgIpc) is 2.09. The second kappa shape index (κ2) is 4.77. The molecule has 0 aliphatic carbocycles. The quantitative estimate of drug-likeness (QED) is 0.691. The summed E-state index contributed by atoms with van der Waals surface area (Å²) in [6.07, 6.45) is 2.09. The number of nitrogens with zero attached hydrogens (tertiary/aromatic N) is 1. The molecule has 0 aliphatic heterocycles. The van der Waals surface area contributed by atoms with Gasteiger partial charge in [0, 0.05) is 6.54 Å². The highest BCUT2D eigenvalue weighted by Crippen LogP contribution is 2.11. The highest BCUT2D eigenvalue weighted by molar-refractivity contribution is 5.42. The normalized spacial score (nSPS) is 10.1. The first-order valence-corrected chi connectivity index (χ1v) is 4.30. The van der Waals surface area contributed by atoms with Crippen LogP contribution >= 0.6 is 0 Å². The lowest BCUT2D eigenvalue weighted by molar-refractivity contribution is 0.620. The minimum atomic E-state index is -0.304. The number of rotatable bonds is 4. The Morgan fingerprint density at radius 2 is 2.38 bits per heavy atom. The van der Waals surface area contributed by atoms with Gasteiger partial charge in [-0.2, -0.15) is 0 Å². The van der Waals surface area contributed by atoms with Gasteiger partial charge in [-0.3, -0.25) is 0 Å². The van der Waals surface area contributed by atoms with Crippen LogP contribution < -0.4 is 11.1 Å². The van der Waals surface area contributed by atoms with Gasteiger partial charge in [0.2, 0.25) is 0 Å². The van der Waals surface area contributed by atoms with Crippen molar-refractivity contribution < 1.29 is 4.39 Å². The monoisotopic (exact) mass is 183 g/mol. The van der Waals surface area contributed by atoms with E-state index in [1.54, 1.807) is 0 Å². The van der Waals surface area contributed by atoms with Gasteiger partial charge in [-0.15, -0.1) is 0 Å². The predicted molar refractivity (Wildman–Crippen MR) is 51.1 cm³/mol. The van der Waals surface area contributed by atoms with Crippen LogP contribution in [0.1, 0.15) is 12.0 Å². The zero-order chi connectivity index (χ0) is 9.68. The van der Waals surface area contributed by atoms with Gasteiger partial charge in [0.1, 0.15) is 11.6 Å². The van der Waals surface area contributed by atoms with E-state index in [4.69, 9.17) is 5.73 Å². The molecule has 72 valence electrons. The number of nitrogens with one attached hydrogen (secondary N) is 1. The van der Waals surface area contributed by atoms with E-state index >= 15 is 0 Å². The second-order valence-electron chi connectivity index (χ2n) is 2.89. The van der Waals surface area contributed by atoms with Crippen LogP contribution in [0.2, 0.25) is 0 Å². The molecule has 0 saturated heterocycles. The van der Waals surface area contributed by atoms with Crippen molar-refractivity contribution in [1.29, 1.82) is 0 Å². The Morgan fingerprint density at radius 3 is 3.00 bits per heavy atom. The minimum Gasteiger partial charge on any atom is -0.370 e. The van der Waals surface area contributed by atoms with Gasteiger partial charge in [-0.05, 0) is 31.5 Å². The first-order chi connectivity index (χ1) is 6.24. The molecule has 0 spiro atoms. The molecule has 0 bridgehead atoms. The van der Waals surface area contributed by atoms with Gasteiger partial charge in [0.15, 0.2) is 0 Å². The third-order valence-electron chi connectivity index (χ3n) is 1.72. The Hall–Kier alpha value is -1.16. The fourth-order valence-corrected chi connectivity index (χ4v) is 1.03. The molecule has 0 aliphatic rings. The lowest BCUT2D eigenvalue weighted by Crippen LogP contribution is -2.10. The maximum absolute atomic E-state index is 12.6. The molecule has 0 fully saturated rings. The van der Waals surface area contributed by atoms with Crippen molar-refractivity contribution in [3.8, 4) is 0 Å². The molecule has 1 heterocycles. The van der Waals surface area contributed by atoms with E-state index in [1.165, 1.54) is 12.3 Å². The lowest BCUT2D eigenvalue weighted by atomic mass is 10.3. The van der Waals surface area contributed by atoms with Crippen LogP contribution in [0.3, 0.4) is 0 Å². The molecule has 3 N–H and O–H groups in total. The first-order valence-electron chi connectivity index (χ1n) is 4.30. The van der Waals surface area contributed by atoms with E-state index < -0.39 is 0 Å². The molecule has 13 heavy (non-hydrogen) atoms. The summed E-state index contributed by atoms with van der Waals surface area (Å²) in [4.78, 5) is 3.92. The van der Waals surface area contributed by atoms with E-state index in [1.807, 2.05) is 6.92 Å². The number of nitrogens with two attached hydrogens (primary N) is 1. The Kier molecular flexibility index (Phi) is 3.64. The standard InChI is InChI=1S/C9H14FN3/c1-7-5-8(10)6-13-9(7)12-4-2-3-11/h5-6H,2-4,11H2,1H3,(H,12,13). The number of aromatic nitrogens is 1. The van der Waals surface area contributed by atoms with Crippen molar-refractivity contribution in [2.24, 2.45) is 5.73 Å². The maximum atomic E-state index is 12.6. The van der Waals surface area contributed by atoms with Crippen LogP contribution in [0.4, 0.5) is 10.2 Å². The van der Waals surface area contributed by atoms with Crippen LogP contribution in [-0.4, -0.2) is 18.1 Å². The molecule has 0 unspecified atom stereocenters. The Morgan fingerprint density at radius 1 is 1.62 bits per heavy atom. The van der Waals surface area contributed by atoms with Crippen molar-refractivity contribution in [3.63, 3.8) is 0 Å². The summed E-state index contributed by atoms with van der Waals surface area (Å²) < 4.78 is 12.6. The van der Waals surface area contributed by atoms with Gasteiger partial charge in [-0.1, -0.05) is 0 Å². The largest absolute Gasteiger partial charge is 0.370 e. The van der Waals surface area contributed by atoms with Crippen molar-refractivity contribution in [2.45, 2.75) is 13.3 Å². The van der Waals surface area contributed by atoms with Gasteiger partial charge < -0.3 is 11.1 Å². The smallest absolute Gasteiger partial charge is 0.141 e. The molecule has 0 radical (unpaired) electrons. The summed E-state index contributed by atoms with van der Waals surface area (Å²) in [5.74, 6) is 0.428. The van der Waals surface area contributed by atoms with E-state index in [0.717, 1.165) is 24.3 Å². The molecule has 1 rings (SSSR count). The zero-order valence-corrected chi connectivity index (χ0v) is 7.68. The first kappa shape index (κ1) is 9.92. The van der Waals surface area contributed by atoms with Crippen molar-refractivity contribution >= 4 is 5.82 Å². The maximum Gasteiger partial charge on any atom is 0.141 e. The van der Waals surface area contributed by atoms with Gasteiger partial charge >= 0.3 is 0 Å². The average molecular weight is 183 g/mol. The number of aryl methyl sites for hydroxylation is 1. The Balaban J connectivity index is 2.56. The molecule has 0 atom stereocenters. The lowest BCUT2D eigenvalue weighted by Gasteiger charge is -2.06. The summed E-state index contributed by atoms with van der Waals surface area (Å²) in [5.41, 5.74) is 6.15. The molecule has 4 heteroatoms. The number of hydrogen-bond donors (Lipinski definition) is 2. The van der Waals surface area contributed by atoms with Gasteiger partial charge in [-0.25, -0.2) is 9.37 Å². The minimum absolute atomic E-state index is 0.304. The fraction of sp³-hybridized carbons (Fsp3) is 0.444. The number of hydrogen-bond acceptors (Lipinski definition) is 3. The van der Waals surface area contributed by atoms with E-state index in [0.29, 0.717) is 6.54 Å². The molecule has 0 saturated carbocycles. The molecule has 3 nitrogen and oxygen atoms in total. The summed E-state index contributed by atoms with van der Waals surface area (Å²) in [5, 5.41) is 3.08. The van der Waals surface area contributed by atoms with Crippen LogP contribution in [0.5, 0.6) is 0 Å². The summed E-state index contributed by atoms with van der Waals surface area (Å²) in [6, 6.07) is 1.46. The van der Waals surface area contributed by atoms with Crippen molar-refractivity contribution in [2.75, 3.05) is 18.4 Å². The van der Waals surface area contributed by atoms with E-state index in [9.17, 15) is 4.39 Å². The molecule has 0 amide bonds. The van der Waals surface area contributed by atoms with Crippen LogP contribution in [0.25, 0.3) is 0 Å². The molecule has 1 aromatic rings. The SMILES string of the molecule is Cc1cc(F)cnc1NCCCN. The van der Waals surface area contributed by atoms with E-state index in [-0.39, 0.29) is 5.82 Å². The highest BCUT2D eigenvalue weighted by atomic mass is 19.1. The third kappa shape index (κ3) is 2.99. The third-order valence-corrected chi connectivity index (χ3v) is 1.72. The fourth-order valence-electron chi connectivity index (χ4n) is 1.03. The number of pyridine rings is 1. The second-order valence-corrected chi connectivity index (χ2v) is 2.89. The Bertz CT molecular complexity index is 276. The molecular weight excluding hydrogens is 169 g/mol. The van der Waals surface area contributed by atoms with Crippen molar-refractivity contribution in [1.82, 2.24) is 4.98 Å². The predicted octanol–water partition coefficient (Wildman–Crippen LogP) is 1.29. The van der Waals surface area contributed by atoms with Crippen molar-refractivity contribution in [3.05, 3.63) is 23.6 Å². The van der Waals surface area contributed by atoms with E-state index in [2.05, 4.69) is 10.3 Å². The number of anilines is 1. The molecular formula is C9H14FN3. The molecule has 1 aromatic heterocycles. The highest BCUT2D eigenvalue weighted by Gasteiger charge is 1.99. The van der Waals surface area contributed by atoms with Crippen LogP contribution in [0.15, 0.2) is 12.3 Å². The van der Waals surface area contributed by atoms with Gasteiger partial charge in [0.05, 0.1) is 6.20 Å². The Labute approximate surface area is 77.2 Å². The zero-order valence-electron chi connectivity index (χ0n) is 7.68. The van der Waals surface area contributed by atoms with Crippen LogP contribution in [0, 0.1) is 12.7 Å². The topological polar surface area (TPSA) is 50.9 Å².